The number of hydrogen-bond acceptors (Lipinski definition) is 2. The molecule has 1 aromatic carbocycles. The molecule has 1 heterocycles. The molecule has 0 bridgehead atoms. The molecule has 1 amide bonds. The number of amides is 1. The van der Waals surface area contributed by atoms with Gasteiger partial charge in [-0.3, -0.25) is 4.79 Å². The summed E-state index contributed by atoms with van der Waals surface area (Å²) in [6.45, 7) is 2.50. The van der Waals surface area contributed by atoms with Crippen molar-refractivity contribution >= 4 is 28.5 Å². The highest BCUT2D eigenvalue weighted by Crippen LogP contribution is 2.21. The van der Waals surface area contributed by atoms with Gasteiger partial charge < -0.3 is 10.6 Å². The summed E-state index contributed by atoms with van der Waals surface area (Å²) in [7, 11) is 0. The quantitative estimate of drug-likeness (QED) is 0.844. The van der Waals surface area contributed by atoms with E-state index in [4.69, 9.17) is 5.73 Å². The number of carbonyl (C=O) groups excluding carboxylic acids is 1. The molecule has 18 heavy (non-hydrogen) atoms. The summed E-state index contributed by atoms with van der Waals surface area (Å²) in [5, 5.41) is 0. The molecule has 1 saturated heterocycles. The Labute approximate surface area is 122 Å². The first-order chi connectivity index (χ1) is 8.70. The van der Waals surface area contributed by atoms with Gasteiger partial charge in [0.05, 0.1) is 0 Å². The minimum atomic E-state index is 0.164. The summed E-state index contributed by atoms with van der Waals surface area (Å²) < 4.78 is 1.16. The lowest BCUT2D eigenvalue weighted by Crippen LogP contribution is -2.38. The van der Waals surface area contributed by atoms with Crippen LogP contribution in [0.15, 0.2) is 24.3 Å². The Balaban J connectivity index is 1.93. The van der Waals surface area contributed by atoms with Crippen molar-refractivity contribution in [2.24, 2.45) is 11.7 Å². The van der Waals surface area contributed by atoms with Crippen LogP contribution in [-0.4, -0.2) is 30.4 Å². The number of piperidine rings is 1. The third-order valence-electron chi connectivity index (χ3n) is 3.57. The lowest BCUT2D eigenvalue weighted by molar-refractivity contribution is 0.0688. The summed E-state index contributed by atoms with van der Waals surface area (Å²) in [5.41, 5.74) is 6.38. The average molecular weight is 358 g/mol. The number of halogens is 1. The van der Waals surface area contributed by atoms with Crippen molar-refractivity contribution in [1.29, 1.82) is 0 Å². The SMILES string of the molecule is NCCC1CCN(C(=O)c2ccc(I)cc2)CC1. The number of hydrogen-bond donors (Lipinski definition) is 1. The predicted molar refractivity (Wildman–Crippen MR) is 81.5 cm³/mol. The third kappa shape index (κ3) is 3.45. The Hall–Kier alpha value is -0.620. The van der Waals surface area contributed by atoms with Gasteiger partial charge >= 0.3 is 0 Å². The molecule has 2 N–H and O–H groups in total. The Morgan fingerprint density at radius 3 is 2.44 bits per heavy atom. The van der Waals surface area contributed by atoms with Gasteiger partial charge in [-0.15, -0.1) is 0 Å². The molecule has 1 fully saturated rings. The molecular formula is C14H19IN2O. The molecule has 2 rings (SSSR count). The molecule has 0 aromatic heterocycles. The van der Waals surface area contributed by atoms with Crippen LogP contribution in [0.25, 0.3) is 0 Å². The van der Waals surface area contributed by atoms with Gasteiger partial charge in [-0.25, -0.2) is 0 Å². The van der Waals surface area contributed by atoms with Gasteiger partial charge in [-0.2, -0.15) is 0 Å². The lowest BCUT2D eigenvalue weighted by atomic mass is 9.93. The maximum absolute atomic E-state index is 12.3. The molecule has 4 heteroatoms. The second-order valence-electron chi connectivity index (χ2n) is 4.82. The summed E-state index contributed by atoms with van der Waals surface area (Å²) in [6, 6.07) is 7.79. The highest BCUT2D eigenvalue weighted by Gasteiger charge is 2.22. The van der Waals surface area contributed by atoms with Crippen molar-refractivity contribution in [3.05, 3.63) is 33.4 Å². The van der Waals surface area contributed by atoms with E-state index in [1.165, 1.54) is 0 Å². The first-order valence-corrected chi connectivity index (χ1v) is 7.53. The highest BCUT2D eigenvalue weighted by molar-refractivity contribution is 14.1. The van der Waals surface area contributed by atoms with Crippen LogP contribution in [0, 0.1) is 9.49 Å². The lowest BCUT2D eigenvalue weighted by Gasteiger charge is -2.32. The number of benzene rings is 1. The van der Waals surface area contributed by atoms with Gasteiger partial charge in [-0.1, -0.05) is 0 Å². The van der Waals surface area contributed by atoms with Gasteiger partial charge in [0.2, 0.25) is 0 Å². The van der Waals surface area contributed by atoms with Gasteiger partial charge in [0, 0.05) is 22.2 Å². The first kappa shape index (κ1) is 13.8. The zero-order valence-corrected chi connectivity index (χ0v) is 12.6. The standard InChI is InChI=1S/C14H19IN2O/c15-13-3-1-12(2-4-13)14(18)17-9-6-11(5-8-16)7-10-17/h1-4,11H,5-10,16H2. The monoisotopic (exact) mass is 358 g/mol. The number of likely N-dealkylation sites (tertiary alicyclic amines) is 1. The molecular weight excluding hydrogens is 339 g/mol. The second kappa shape index (κ2) is 6.52. The van der Waals surface area contributed by atoms with Crippen molar-refractivity contribution in [3.8, 4) is 0 Å². The van der Waals surface area contributed by atoms with Crippen molar-refractivity contribution in [2.75, 3.05) is 19.6 Å². The van der Waals surface area contributed by atoms with E-state index in [1.54, 1.807) is 0 Å². The summed E-state index contributed by atoms with van der Waals surface area (Å²) in [6.07, 6.45) is 3.27. The van der Waals surface area contributed by atoms with E-state index in [0.717, 1.165) is 48.0 Å². The second-order valence-corrected chi connectivity index (χ2v) is 6.07. The van der Waals surface area contributed by atoms with E-state index in [0.29, 0.717) is 5.92 Å². The third-order valence-corrected chi connectivity index (χ3v) is 4.29. The Morgan fingerprint density at radius 2 is 1.89 bits per heavy atom. The van der Waals surface area contributed by atoms with Crippen LogP contribution in [0.2, 0.25) is 0 Å². The molecule has 0 spiro atoms. The van der Waals surface area contributed by atoms with E-state index in [9.17, 15) is 4.79 Å². The van der Waals surface area contributed by atoms with Crippen molar-refractivity contribution < 1.29 is 4.79 Å². The maximum atomic E-state index is 12.3. The molecule has 0 atom stereocenters. The van der Waals surface area contributed by atoms with Gasteiger partial charge in [0.25, 0.3) is 5.91 Å². The summed E-state index contributed by atoms with van der Waals surface area (Å²) in [4.78, 5) is 14.2. The van der Waals surface area contributed by atoms with Crippen molar-refractivity contribution in [1.82, 2.24) is 4.90 Å². The molecule has 1 aliphatic heterocycles. The molecule has 1 aliphatic rings. The Morgan fingerprint density at radius 1 is 1.28 bits per heavy atom. The topological polar surface area (TPSA) is 46.3 Å². The van der Waals surface area contributed by atoms with Crippen molar-refractivity contribution in [2.45, 2.75) is 19.3 Å². The van der Waals surface area contributed by atoms with Crippen LogP contribution in [-0.2, 0) is 0 Å². The largest absolute Gasteiger partial charge is 0.339 e. The van der Waals surface area contributed by atoms with Gasteiger partial charge in [0.15, 0.2) is 0 Å². The van der Waals surface area contributed by atoms with E-state index in [2.05, 4.69) is 22.6 Å². The molecule has 0 radical (unpaired) electrons. The van der Waals surface area contributed by atoms with Crippen LogP contribution < -0.4 is 5.73 Å². The number of nitrogens with two attached hydrogens (primary N) is 1. The van der Waals surface area contributed by atoms with Crippen LogP contribution in [0.4, 0.5) is 0 Å². The molecule has 3 nitrogen and oxygen atoms in total. The molecule has 0 saturated carbocycles. The normalized spacial score (nSPS) is 16.9. The van der Waals surface area contributed by atoms with Crippen LogP contribution in [0.1, 0.15) is 29.6 Å². The molecule has 1 aromatic rings. The Kier molecular flexibility index (Phi) is 5.00. The Bertz CT molecular complexity index is 397. The first-order valence-electron chi connectivity index (χ1n) is 6.45. The van der Waals surface area contributed by atoms with E-state index in [-0.39, 0.29) is 5.91 Å². The fourth-order valence-electron chi connectivity index (χ4n) is 2.44. The van der Waals surface area contributed by atoms with Crippen molar-refractivity contribution in [3.63, 3.8) is 0 Å². The fraction of sp³-hybridized carbons (Fsp3) is 0.500. The van der Waals surface area contributed by atoms with E-state index >= 15 is 0 Å². The van der Waals surface area contributed by atoms with Crippen LogP contribution >= 0.6 is 22.6 Å². The minimum Gasteiger partial charge on any atom is -0.339 e. The maximum Gasteiger partial charge on any atom is 0.253 e. The fourth-order valence-corrected chi connectivity index (χ4v) is 2.80. The smallest absolute Gasteiger partial charge is 0.253 e. The summed E-state index contributed by atoms with van der Waals surface area (Å²) >= 11 is 2.25. The van der Waals surface area contributed by atoms with Crippen LogP contribution in [0.3, 0.4) is 0 Å². The molecule has 98 valence electrons. The number of carbonyl (C=O) groups is 1. The summed E-state index contributed by atoms with van der Waals surface area (Å²) in [5.74, 6) is 0.869. The predicted octanol–water partition coefficient (Wildman–Crippen LogP) is 2.49. The van der Waals surface area contributed by atoms with E-state index in [1.807, 2.05) is 29.2 Å². The molecule has 0 unspecified atom stereocenters. The highest BCUT2D eigenvalue weighted by atomic mass is 127. The zero-order chi connectivity index (χ0) is 13.0. The van der Waals surface area contributed by atoms with Gasteiger partial charge in [0.1, 0.15) is 0 Å². The number of rotatable bonds is 3. The van der Waals surface area contributed by atoms with E-state index < -0.39 is 0 Å². The molecule has 0 aliphatic carbocycles. The van der Waals surface area contributed by atoms with Gasteiger partial charge in [-0.05, 0) is 78.6 Å². The number of nitrogens with zero attached hydrogens (tertiary/aromatic N) is 1. The zero-order valence-electron chi connectivity index (χ0n) is 10.4. The average Bonchev–Trinajstić information content (AvgIpc) is 2.40. The minimum absolute atomic E-state index is 0.164. The van der Waals surface area contributed by atoms with Crippen LogP contribution in [0.5, 0.6) is 0 Å².